The van der Waals surface area contributed by atoms with Crippen molar-refractivity contribution in [3.05, 3.63) is 34.0 Å². The van der Waals surface area contributed by atoms with Crippen LogP contribution in [0.15, 0.2) is 12.1 Å². The van der Waals surface area contributed by atoms with Crippen molar-refractivity contribution >= 4 is 28.2 Å². The zero-order chi connectivity index (χ0) is 14.8. The second kappa shape index (κ2) is 6.23. The molecule has 0 atom stereocenters. The van der Waals surface area contributed by atoms with Crippen molar-refractivity contribution in [2.75, 3.05) is 11.9 Å². The van der Waals surface area contributed by atoms with Crippen LogP contribution in [0.5, 0.6) is 0 Å². The smallest absolute Gasteiger partial charge is 0.0756 e. The van der Waals surface area contributed by atoms with Gasteiger partial charge in [0, 0.05) is 28.3 Å². The average molecular weight is 303 g/mol. The second-order valence-corrected chi connectivity index (χ2v) is 6.45. The lowest BCUT2D eigenvalue weighted by Crippen LogP contribution is -2.08. The lowest BCUT2D eigenvalue weighted by molar-refractivity contribution is 0.709. The summed E-state index contributed by atoms with van der Waals surface area (Å²) in [5.74, 6) is 0. The van der Waals surface area contributed by atoms with Gasteiger partial charge in [0.15, 0.2) is 0 Å². The van der Waals surface area contributed by atoms with Gasteiger partial charge >= 0.3 is 0 Å². The van der Waals surface area contributed by atoms with E-state index in [4.69, 9.17) is 16.6 Å². The van der Waals surface area contributed by atoms with E-state index in [-0.39, 0.29) is 0 Å². The molecular formula is C18H23ClN2. The van der Waals surface area contributed by atoms with E-state index in [1.807, 2.05) is 6.07 Å². The maximum Gasteiger partial charge on any atom is 0.0756 e. The number of halogens is 1. The number of anilines is 1. The first-order valence-electron chi connectivity index (χ1n) is 8.06. The van der Waals surface area contributed by atoms with Crippen LogP contribution in [-0.2, 0) is 12.8 Å². The summed E-state index contributed by atoms with van der Waals surface area (Å²) in [5, 5.41) is 5.64. The van der Waals surface area contributed by atoms with Gasteiger partial charge in [-0.2, -0.15) is 0 Å². The van der Waals surface area contributed by atoms with Gasteiger partial charge in [0.05, 0.1) is 5.52 Å². The van der Waals surface area contributed by atoms with Crippen molar-refractivity contribution in [3.8, 4) is 0 Å². The van der Waals surface area contributed by atoms with Crippen molar-refractivity contribution < 1.29 is 0 Å². The summed E-state index contributed by atoms with van der Waals surface area (Å²) >= 11 is 6.29. The minimum absolute atomic E-state index is 0.801. The lowest BCUT2D eigenvalue weighted by Gasteiger charge is -2.18. The Labute approximate surface area is 131 Å². The van der Waals surface area contributed by atoms with E-state index in [1.165, 1.54) is 47.2 Å². The van der Waals surface area contributed by atoms with Crippen LogP contribution in [0.3, 0.4) is 0 Å². The van der Waals surface area contributed by atoms with E-state index in [0.29, 0.717) is 0 Å². The molecule has 1 aliphatic rings. The van der Waals surface area contributed by atoms with Gasteiger partial charge in [0.25, 0.3) is 0 Å². The van der Waals surface area contributed by atoms with Gasteiger partial charge in [0.2, 0.25) is 0 Å². The lowest BCUT2D eigenvalue weighted by atomic mass is 10.00. The highest BCUT2D eigenvalue weighted by Crippen LogP contribution is 2.35. The summed E-state index contributed by atoms with van der Waals surface area (Å²) in [6, 6.07) is 4.09. The molecular weight excluding hydrogens is 280 g/mol. The number of aryl methyl sites for hydroxylation is 2. The fourth-order valence-corrected chi connectivity index (χ4v) is 3.56. The molecule has 0 unspecified atom stereocenters. The summed E-state index contributed by atoms with van der Waals surface area (Å²) in [6.07, 6.45) is 7.19. The first-order chi connectivity index (χ1) is 10.2. The number of nitrogens with zero attached hydrogens (tertiary/aromatic N) is 1. The Kier molecular flexibility index (Phi) is 4.34. The van der Waals surface area contributed by atoms with Gasteiger partial charge in [-0.3, -0.25) is 4.98 Å². The number of aromatic nitrogens is 1. The third kappa shape index (κ3) is 2.87. The van der Waals surface area contributed by atoms with E-state index >= 15 is 0 Å². The molecule has 0 saturated heterocycles. The van der Waals surface area contributed by atoms with Gasteiger partial charge in [0.1, 0.15) is 0 Å². The Morgan fingerprint density at radius 1 is 1.19 bits per heavy atom. The van der Waals surface area contributed by atoms with Crippen LogP contribution < -0.4 is 5.32 Å². The molecule has 3 heteroatoms. The predicted molar refractivity (Wildman–Crippen MR) is 91.5 cm³/mol. The van der Waals surface area contributed by atoms with E-state index in [2.05, 4.69) is 25.2 Å². The third-order valence-electron chi connectivity index (χ3n) is 4.32. The number of fused-ring (bicyclic) bond motifs is 2. The molecule has 112 valence electrons. The summed E-state index contributed by atoms with van der Waals surface area (Å²) in [6.45, 7) is 5.30. The number of nitrogens with one attached hydrogen (secondary N) is 1. The second-order valence-electron chi connectivity index (χ2n) is 6.02. The van der Waals surface area contributed by atoms with Crippen LogP contribution in [0, 0.1) is 6.92 Å². The quantitative estimate of drug-likeness (QED) is 0.779. The van der Waals surface area contributed by atoms with Crippen LogP contribution in [-0.4, -0.2) is 11.5 Å². The standard InChI is InChI=1S/C18H23ClN2/c1-3-9-20-18-14-7-5-4-6-8-16(14)21-17-12(2)10-13(19)11-15(17)18/h10-11H,3-9H2,1-2H3,(H,20,21). The molecule has 0 spiro atoms. The zero-order valence-electron chi connectivity index (χ0n) is 12.9. The summed E-state index contributed by atoms with van der Waals surface area (Å²) < 4.78 is 0. The van der Waals surface area contributed by atoms with Gasteiger partial charge in [-0.25, -0.2) is 0 Å². The SMILES string of the molecule is CCCNc1c2c(nc3c(C)cc(Cl)cc13)CCCCC2. The molecule has 1 aromatic carbocycles. The Bertz CT molecular complexity index is 664. The Balaban J connectivity index is 2.26. The Morgan fingerprint density at radius 2 is 2.00 bits per heavy atom. The van der Waals surface area contributed by atoms with Crippen molar-refractivity contribution in [1.29, 1.82) is 0 Å². The maximum absolute atomic E-state index is 6.29. The maximum atomic E-state index is 6.29. The van der Waals surface area contributed by atoms with Crippen LogP contribution in [0.2, 0.25) is 5.02 Å². The molecule has 1 aliphatic carbocycles. The van der Waals surface area contributed by atoms with Crippen LogP contribution in [0.25, 0.3) is 10.9 Å². The molecule has 2 aromatic rings. The molecule has 2 nitrogen and oxygen atoms in total. The highest BCUT2D eigenvalue weighted by Gasteiger charge is 2.18. The Morgan fingerprint density at radius 3 is 2.81 bits per heavy atom. The van der Waals surface area contributed by atoms with Crippen molar-refractivity contribution in [1.82, 2.24) is 4.98 Å². The zero-order valence-corrected chi connectivity index (χ0v) is 13.7. The van der Waals surface area contributed by atoms with Crippen LogP contribution in [0.4, 0.5) is 5.69 Å². The summed E-state index contributed by atoms with van der Waals surface area (Å²) in [7, 11) is 0. The average Bonchev–Trinajstić information content (AvgIpc) is 2.69. The molecule has 21 heavy (non-hydrogen) atoms. The number of hydrogen-bond acceptors (Lipinski definition) is 2. The highest BCUT2D eigenvalue weighted by atomic mass is 35.5. The molecule has 0 saturated carbocycles. The number of rotatable bonds is 3. The monoisotopic (exact) mass is 302 g/mol. The third-order valence-corrected chi connectivity index (χ3v) is 4.54. The summed E-state index contributed by atoms with van der Waals surface area (Å²) in [4.78, 5) is 4.99. The largest absolute Gasteiger partial charge is 0.384 e. The first kappa shape index (κ1) is 14.6. The van der Waals surface area contributed by atoms with E-state index in [9.17, 15) is 0 Å². The number of benzene rings is 1. The van der Waals surface area contributed by atoms with Gasteiger partial charge < -0.3 is 5.32 Å². The molecule has 0 bridgehead atoms. The minimum Gasteiger partial charge on any atom is -0.384 e. The minimum atomic E-state index is 0.801. The molecule has 0 amide bonds. The van der Waals surface area contributed by atoms with Gasteiger partial charge in [-0.15, -0.1) is 0 Å². The molecule has 1 aromatic heterocycles. The van der Waals surface area contributed by atoms with Gasteiger partial charge in [-0.05, 0) is 62.3 Å². The van der Waals surface area contributed by atoms with E-state index < -0.39 is 0 Å². The number of pyridine rings is 1. The predicted octanol–water partition coefficient (Wildman–Crippen LogP) is 5.29. The van der Waals surface area contributed by atoms with E-state index in [1.54, 1.807) is 0 Å². The van der Waals surface area contributed by atoms with Crippen molar-refractivity contribution in [2.24, 2.45) is 0 Å². The summed E-state index contributed by atoms with van der Waals surface area (Å²) in [5.41, 5.74) is 6.28. The van der Waals surface area contributed by atoms with Crippen molar-refractivity contribution in [2.45, 2.75) is 52.4 Å². The molecule has 1 N–H and O–H groups in total. The highest BCUT2D eigenvalue weighted by molar-refractivity contribution is 6.31. The normalized spacial score (nSPS) is 14.8. The fraction of sp³-hybridized carbons (Fsp3) is 0.500. The molecule has 1 heterocycles. The topological polar surface area (TPSA) is 24.9 Å². The number of hydrogen-bond donors (Lipinski definition) is 1. The van der Waals surface area contributed by atoms with Crippen molar-refractivity contribution in [3.63, 3.8) is 0 Å². The molecule has 0 fully saturated rings. The fourth-order valence-electron chi connectivity index (χ4n) is 3.28. The first-order valence-corrected chi connectivity index (χ1v) is 8.44. The molecule has 0 radical (unpaired) electrons. The van der Waals surface area contributed by atoms with E-state index in [0.717, 1.165) is 36.3 Å². The van der Waals surface area contributed by atoms with Crippen LogP contribution >= 0.6 is 11.6 Å². The van der Waals surface area contributed by atoms with Gasteiger partial charge in [-0.1, -0.05) is 24.9 Å². The molecule has 3 rings (SSSR count). The molecule has 0 aliphatic heterocycles. The van der Waals surface area contributed by atoms with Crippen LogP contribution in [0.1, 0.15) is 49.4 Å². The Hall–Kier alpha value is -1.28.